The summed E-state index contributed by atoms with van der Waals surface area (Å²) >= 11 is 1.59. The number of halogens is 3. The number of rotatable bonds is 1. The fourth-order valence-corrected chi connectivity index (χ4v) is 4.88. The van der Waals surface area contributed by atoms with Crippen molar-refractivity contribution >= 4 is 11.3 Å². The predicted octanol–water partition coefficient (Wildman–Crippen LogP) is 4.51. The van der Waals surface area contributed by atoms with E-state index in [-0.39, 0.29) is 6.04 Å². The van der Waals surface area contributed by atoms with E-state index in [0.717, 1.165) is 41.2 Å². The van der Waals surface area contributed by atoms with Gasteiger partial charge in [0.15, 0.2) is 0 Å². The average molecular weight is 352 g/mol. The van der Waals surface area contributed by atoms with Gasteiger partial charge in [-0.05, 0) is 59.2 Å². The van der Waals surface area contributed by atoms with E-state index >= 15 is 0 Å². The number of thiophene rings is 1. The van der Waals surface area contributed by atoms with Gasteiger partial charge in [0.2, 0.25) is 0 Å². The van der Waals surface area contributed by atoms with Crippen molar-refractivity contribution in [1.29, 1.82) is 0 Å². The minimum absolute atomic E-state index is 0.0500. The highest BCUT2D eigenvalue weighted by Gasteiger charge is 2.41. The molecule has 0 aliphatic carbocycles. The zero-order valence-electron chi connectivity index (χ0n) is 13.6. The molecule has 1 saturated heterocycles. The van der Waals surface area contributed by atoms with Gasteiger partial charge in [-0.25, -0.2) is 0 Å². The van der Waals surface area contributed by atoms with Crippen molar-refractivity contribution in [2.24, 2.45) is 0 Å². The molecule has 0 bridgehead atoms. The number of fused-ring (bicyclic) bond motifs is 3. The monoisotopic (exact) mass is 352 g/mol. The fraction of sp³-hybridized carbons (Fsp3) is 0.444. The van der Waals surface area contributed by atoms with Gasteiger partial charge in [-0.3, -0.25) is 4.90 Å². The standard InChI is InChI=1S/C18H19F3N2S/c1-10-9-24-11(2)17(10)12-5-13-14(15(6-12)18(19,20)21)8-23-4-3-22-7-16(13)23/h5-6,9,16,22H,3-4,7-8H2,1-2H3/t16-/m0/s1. The van der Waals surface area contributed by atoms with Crippen LogP contribution in [-0.4, -0.2) is 24.5 Å². The van der Waals surface area contributed by atoms with Gasteiger partial charge in [0.25, 0.3) is 0 Å². The molecule has 24 heavy (non-hydrogen) atoms. The van der Waals surface area contributed by atoms with E-state index < -0.39 is 11.7 Å². The first kappa shape index (κ1) is 16.1. The van der Waals surface area contributed by atoms with Gasteiger partial charge in [-0.2, -0.15) is 13.2 Å². The van der Waals surface area contributed by atoms with Gasteiger partial charge in [0.1, 0.15) is 0 Å². The minimum Gasteiger partial charge on any atom is -0.314 e. The molecule has 2 nitrogen and oxygen atoms in total. The van der Waals surface area contributed by atoms with Gasteiger partial charge in [0, 0.05) is 37.1 Å². The number of hydrogen-bond acceptors (Lipinski definition) is 3. The van der Waals surface area contributed by atoms with E-state index in [1.54, 1.807) is 11.3 Å². The first-order valence-electron chi connectivity index (χ1n) is 8.10. The lowest BCUT2D eigenvalue weighted by molar-refractivity contribution is -0.138. The molecule has 3 heterocycles. The van der Waals surface area contributed by atoms with Crippen LogP contribution in [0.5, 0.6) is 0 Å². The molecular formula is C18H19F3N2S. The Bertz CT molecular complexity index is 775. The number of benzene rings is 1. The predicted molar refractivity (Wildman–Crippen MR) is 90.3 cm³/mol. The molecule has 0 saturated carbocycles. The number of nitrogens with one attached hydrogen (secondary N) is 1. The number of alkyl halides is 3. The quantitative estimate of drug-likeness (QED) is 0.812. The molecule has 1 N–H and O–H groups in total. The summed E-state index contributed by atoms with van der Waals surface area (Å²) in [6.07, 6.45) is -4.32. The molecule has 4 rings (SSSR count). The lowest BCUT2D eigenvalue weighted by Crippen LogP contribution is -2.42. The Labute approximate surface area is 143 Å². The Kier molecular flexibility index (Phi) is 3.74. The highest BCUT2D eigenvalue weighted by atomic mass is 32.1. The molecule has 0 spiro atoms. The molecule has 1 aromatic carbocycles. The molecule has 0 unspecified atom stereocenters. The third-order valence-corrected chi connectivity index (χ3v) is 6.14. The van der Waals surface area contributed by atoms with Crippen LogP contribution in [0.15, 0.2) is 17.5 Å². The third-order valence-electron chi connectivity index (χ3n) is 5.11. The summed E-state index contributed by atoms with van der Waals surface area (Å²) in [5, 5.41) is 5.32. The number of hydrogen-bond donors (Lipinski definition) is 1. The van der Waals surface area contributed by atoms with E-state index in [9.17, 15) is 13.2 Å². The third kappa shape index (κ3) is 2.48. The van der Waals surface area contributed by atoms with E-state index in [1.807, 2.05) is 25.3 Å². The fourth-order valence-electron chi connectivity index (χ4n) is 4.01. The maximum absolute atomic E-state index is 13.7. The van der Waals surface area contributed by atoms with E-state index in [1.165, 1.54) is 6.07 Å². The van der Waals surface area contributed by atoms with Crippen LogP contribution >= 0.6 is 11.3 Å². The van der Waals surface area contributed by atoms with Crippen LogP contribution in [0.2, 0.25) is 0 Å². The van der Waals surface area contributed by atoms with Gasteiger partial charge in [-0.1, -0.05) is 0 Å². The zero-order valence-corrected chi connectivity index (χ0v) is 14.4. The molecule has 6 heteroatoms. The normalized spacial score (nSPS) is 21.0. The van der Waals surface area contributed by atoms with Gasteiger partial charge >= 0.3 is 6.18 Å². The first-order valence-corrected chi connectivity index (χ1v) is 8.98. The van der Waals surface area contributed by atoms with Crippen LogP contribution in [0, 0.1) is 13.8 Å². The second kappa shape index (κ2) is 5.58. The zero-order chi connectivity index (χ0) is 17.1. The highest BCUT2D eigenvalue weighted by molar-refractivity contribution is 7.10. The Morgan fingerprint density at radius 2 is 2.04 bits per heavy atom. The smallest absolute Gasteiger partial charge is 0.314 e. The lowest BCUT2D eigenvalue weighted by atomic mass is 9.92. The summed E-state index contributed by atoms with van der Waals surface area (Å²) in [5.41, 5.74) is 3.54. The molecule has 1 atom stereocenters. The van der Waals surface area contributed by atoms with E-state index in [2.05, 4.69) is 10.2 Å². The Balaban J connectivity index is 1.93. The average Bonchev–Trinajstić information content (AvgIpc) is 3.05. The summed E-state index contributed by atoms with van der Waals surface area (Å²) in [7, 11) is 0. The van der Waals surface area contributed by atoms with E-state index in [0.29, 0.717) is 17.7 Å². The Morgan fingerprint density at radius 3 is 2.71 bits per heavy atom. The summed E-state index contributed by atoms with van der Waals surface area (Å²) in [5.74, 6) is 0. The molecule has 0 amide bonds. The largest absolute Gasteiger partial charge is 0.416 e. The van der Waals surface area contributed by atoms with Crippen molar-refractivity contribution in [2.75, 3.05) is 19.6 Å². The van der Waals surface area contributed by atoms with Crippen LogP contribution in [0.25, 0.3) is 11.1 Å². The SMILES string of the molecule is Cc1csc(C)c1-c1cc2c(c(C(F)(F)F)c1)CN1CCNC[C@@H]21. The molecular weight excluding hydrogens is 333 g/mol. The number of nitrogens with zero attached hydrogens (tertiary/aromatic N) is 1. The molecule has 128 valence electrons. The van der Waals surface area contributed by atoms with Gasteiger partial charge in [-0.15, -0.1) is 11.3 Å². The summed E-state index contributed by atoms with van der Waals surface area (Å²) in [4.78, 5) is 3.23. The highest BCUT2D eigenvalue weighted by Crippen LogP contribution is 2.45. The maximum atomic E-state index is 13.7. The van der Waals surface area contributed by atoms with Gasteiger partial charge in [0.05, 0.1) is 5.56 Å². The summed E-state index contributed by atoms with van der Waals surface area (Å²) in [6, 6.07) is 3.39. The van der Waals surface area contributed by atoms with Crippen LogP contribution < -0.4 is 5.32 Å². The van der Waals surface area contributed by atoms with Crippen LogP contribution in [0.3, 0.4) is 0 Å². The molecule has 2 aliphatic rings. The molecule has 1 fully saturated rings. The van der Waals surface area contributed by atoms with Crippen molar-refractivity contribution in [1.82, 2.24) is 10.2 Å². The topological polar surface area (TPSA) is 15.3 Å². The van der Waals surface area contributed by atoms with Crippen molar-refractivity contribution in [3.05, 3.63) is 44.6 Å². The minimum atomic E-state index is -4.32. The van der Waals surface area contributed by atoms with Crippen molar-refractivity contribution in [3.8, 4) is 11.1 Å². The second-order valence-corrected chi connectivity index (χ2v) is 7.71. The summed E-state index contributed by atoms with van der Waals surface area (Å²) in [6.45, 7) is 6.69. The van der Waals surface area contributed by atoms with Gasteiger partial charge < -0.3 is 5.32 Å². The van der Waals surface area contributed by atoms with Crippen LogP contribution in [-0.2, 0) is 12.7 Å². The van der Waals surface area contributed by atoms with Crippen LogP contribution in [0.1, 0.15) is 33.2 Å². The molecule has 2 aliphatic heterocycles. The number of piperazine rings is 1. The van der Waals surface area contributed by atoms with Crippen molar-refractivity contribution in [3.63, 3.8) is 0 Å². The Hall–Kier alpha value is -1.37. The molecule has 0 radical (unpaired) electrons. The first-order chi connectivity index (χ1) is 11.4. The van der Waals surface area contributed by atoms with Crippen LogP contribution in [0.4, 0.5) is 13.2 Å². The second-order valence-electron chi connectivity index (χ2n) is 6.63. The molecule has 1 aromatic heterocycles. The lowest BCUT2D eigenvalue weighted by Gasteiger charge is -2.30. The van der Waals surface area contributed by atoms with Crippen molar-refractivity contribution < 1.29 is 13.2 Å². The Morgan fingerprint density at radius 1 is 1.25 bits per heavy atom. The summed E-state index contributed by atoms with van der Waals surface area (Å²) < 4.78 is 41.1. The molecule has 2 aromatic rings. The van der Waals surface area contributed by atoms with E-state index in [4.69, 9.17) is 0 Å². The maximum Gasteiger partial charge on any atom is 0.416 e. The number of aryl methyl sites for hydroxylation is 2. The van der Waals surface area contributed by atoms with Crippen molar-refractivity contribution in [2.45, 2.75) is 32.6 Å².